The van der Waals surface area contributed by atoms with E-state index in [1.807, 2.05) is 0 Å². The molecule has 3 aromatic rings. The lowest BCUT2D eigenvalue weighted by molar-refractivity contribution is -0.137. The third-order valence-electron chi connectivity index (χ3n) is 5.74. The molecular formula is C24H28ClFN4O4. The molecule has 1 aliphatic rings. The number of aromatic nitrogens is 3. The summed E-state index contributed by atoms with van der Waals surface area (Å²) in [7, 11) is 1.44. The molecule has 0 bridgehead atoms. The van der Waals surface area contributed by atoms with Crippen LogP contribution in [0.3, 0.4) is 0 Å². The molecule has 2 aromatic heterocycles. The van der Waals surface area contributed by atoms with Gasteiger partial charge in [0.05, 0.1) is 13.5 Å². The van der Waals surface area contributed by atoms with Gasteiger partial charge in [0, 0.05) is 37.1 Å². The van der Waals surface area contributed by atoms with Crippen LogP contribution in [0.25, 0.3) is 0 Å². The minimum Gasteiger partial charge on any atom is -0.497 e. The highest BCUT2D eigenvalue weighted by Gasteiger charge is 2.21. The van der Waals surface area contributed by atoms with E-state index in [4.69, 9.17) is 14.2 Å². The third-order valence-corrected chi connectivity index (χ3v) is 5.74. The van der Waals surface area contributed by atoms with Gasteiger partial charge in [0.15, 0.2) is 5.82 Å². The number of nitrogens with zero attached hydrogens (tertiary/aromatic N) is 3. The number of nitrogens with one attached hydrogen (secondary N) is 1. The van der Waals surface area contributed by atoms with E-state index in [9.17, 15) is 14.3 Å². The Morgan fingerprint density at radius 1 is 1.26 bits per heavy atom. The van der Waals surface area contributed by atoms with Crippen LogP contribution in [0.15, 0.2) is 34.9 Å². The first-order chi connectivity index (χ1) is 16.0. The Morgan fingerprint density at radius 3 is 2.91 bits per heavy atom. The number of hydrogen-bond donors (Lipinski definition) is 2. The molecule has 10 heteroatoms. The fourth-order valence-electron chi connectivity index (χ4n) is 4.08. The molecule has 0 aliphatic carbocycles. The van der Waals surface area contributed by atoms with Gasteiger partial charge in [0.1, 0.15) is 17.4 Å². The Kier molecular flexibility index (Phi) is 8.81. The van der Waals surface area contributed by atoms with Gasteiger partial charge in [-0.15, -0.1) is 12.4 Å². The Labute approximate surface area is 203 Å². The topological polar surface area (TPSA) is 110 Å². The van der Waals surface area contributed by atoms with E-state index in [1.165, 1.54) is 24.8 Å². The summed E-state index contributed by atoms with van der Waals surface area (Å²) in [6, 6.07) is 8.40. The van der Waals surface area contributed by atoms with Crippen molar-refractivity contribution in [2.24, 2.45) is 0 Å². The SMILES string of the molecule is COc1cc(F)cc(C(CC(=O)O)Cc2nc(CCCc3ccc4c(n3)NCCC4)no2)c1.Cl. The molecule has 1 unspecified atom stereocenters. The lowest BCUT2D eigenvalue weighted by Crippen LogP contribution is -2.14. The summed E-state index contributed by atoms with van der Waals surface area (Å²) in [5.74, 6) is 0.207. The van der Waals surface area contributed by atoms with E-state index in [0.29, 0.717) is 29.4 Å². The first-order valence-corrected chi connectivity index (χ1v) is 11.1. The number of carboxylic acids is 1. The Hall–Kier alpha value is -3.20. The zero-order valence-electron chi connectivity index (χ0n) is 18.9. The summed E-state index contributed by atoms with van der Waals surface area (Å²) in [4.78, 5) is 20.5. The van der Waals surface area contributed by atoms with E-state index in [1.54, 1.807) is 6.07 Å². The van der Waals surface area contributed by atoms with E-state index < -0.39 is 17.7 Å². The zero-order valence-corrected chi connectivity index (χ0v) is 19.7. The number of rotatable bonds is 10. The monoisotopic (exact) mass is 490 g/mol. The molecule has 2 N–H and O–H groups in total. The lowest BCUT2D eigenvalue weighted by atomic mass is 9.92. The normalized spacial score (nSPS) is 13.4. The molecule has 0 amide bonds. The van der Waals surface area contributed by atoms with Crippen molar-refractivity contribution in [3.63, 3.8) is 0 Å². The maximum atomic E-state index is 13.9. The number of fused-ring (bicyclic) bond motifs is 1. The molecule has 0 radical (unpaired) electrons. The van der Waals surface area contributed by atoms with Gasteiger partial charge in [-0.25, -0.2) is 9.37 Å². The van der Waals surface area contributed by atoms with Gasteiger partial charge >= 0.3 is 5.97 Å². The van der Waals surface area contributed by atoms with Crippen molar-refractivity contribution in [2.45, 2.75) is 50.9 Å². The number of carboxylic acid groups (broad SMARTS) is 1. The fraction of sp³-hybridized carbons (Fsp3) is 0.417. The van der Waals surface area contributed by atoms with Gasteiger partial charge in [0.25, 0.3) is 0 Å². The highest BCUT2D eigenvalue weighted by molar-refractivity contribution is 5.85. The predicted octanol–water partition coefficient (Wildman–Crippen LogP) is 4.37. The molecule has 182 valence electrons. The van der Waals surface area contributed by atoms with Crippen LogP contribution in [0, 0.1) is 5.82 Å². The van der Waals surface area contributed by atoms with Gasteiger partial charge in [-0.3, -0.25) is 4.79 Å². The average Bonchev–Trinajstić information content (AvgIpc) is 3.25. The van der Waals surface area contributed by atoms with Crippen molar-refractivity contribution in [3.05, 3.63) is 64.7 Å². The summed E-state index contributed by atoms with van der Waals surface area (Å²) in [6.45, 7) is 0.959. The molecule has 0 saturated carbocycles. The number of anilines is 1. The average molecular weight is 491 g/mol. The van der Waals surface area contributed by atoms with Crippen molar-refractivity contribution in [2.75, 3.05) is 19.0 Å². The van der Waals surface area contributed by atoms with E-state index in [0.717, 1.165) is 43.7 Å². The number of aliphatic carboxylic acids is 1. The van der Waals surface area contributed by atoms with Crippen LogP contribution in [0.2, 0.25) is 0 Å². The smallest absolute Gasteiger partial charge is 0.303 e. The van der Waals surface area contributed by atoms with Crippen molar-refractivity contribution in [3.8, 4) is 5.75 Å². The van der Waals surface area contributed by atoms with E-state index >= 15 is 0 Å². The van der Waals surface area contributed by atoms with Crippen molar-refractivity contribution < 1.29 is 23.6 Å². The number of methoxy groups -OCH3 is 1. The first kappa shape index (κ1) is 25.4. The molecule has 8 nitrogen and oxygen atoms in total. The summed E-state index contributed by atoms with van der Waals surface area (Å²) in [5.41, 5.74) is 2.80. The van der Waals surface area contributed by atoms with Gasteiger partial charge in [-0.05, 0) is 55.0 Å². The summed E-state index contributed by atoms with van der Waals surface area (Å²) >= 11 is 0. The summed E-state index contributed by atoms with van der Waals surface area (Å²) in [6.07, 6.45) is 4.42. The second-order valence-electron chi connectivity index (χ2n) is 8.22. The Morgan fingerprint density at radius 2 is 2.12 bits per heavy atom. The van der Waals surface area contributed by atoms with E-state index in [2.05, 4.69) is 27.6 Å². The zero-order chi connectivity index (χ0) is 23.2. The van der Waals surface area contributed by atoms with Crippen LogP contribution in [0.4, 0.5) is 10.2 Å². The lowest BCUT2D eigenvalue weighted by Gasteiger charge is -2.17. The molecule has 1 aliphatic heterocycles. The first-order valence-electron chi connectivity index (χ1n) is 11.1. The molecule has 0 spiro atoms. The van der Waals surface area contributed by atoms with Crippen molar-refractivity contribution >= 4 is 24.2 Å². The number of ether oxygens (including phenoxy) is 1. The van der Waals surface area contributed by atoms with Gasteiger partial charge in [-0.1, -0.05) is 11.2 Å². The van der Waals surface area contributed by atoms with Crippen LogP contribution >= 0.6 is 12.4 Å². The van der Waals surface area contributed by atoms with E-state index in [-0.39, 0.29) is 25.2 Å². The summed E-state index contributed by atoms with van der Waals surface area (Å²) in [5, 5.41) is 16.7. The van der Waals surface area contributed by atoms with Gasteiger partial charge in [0.2, 0.25) is 5.89 Å². The van der Waals surface area contributed by atoms with Crippen molar-refractivity contribution in [1.82, 2.24) is 15.1 Å². The van der Waals surface area contributed by atoms with Crippen LogP contribution in [0.5, 0.6) is 5.75 Å². The maximum absolute atomic E-state index is 13.9. The molecule has 3 heterocycles. The highest BCUT2D eigenvalue weighted by atomic mass is 35.5. The predicted molar refractivity (Wildman–Crippen MR) is 126 cm³/mol. The Bertz CT molecular complexity index is 1120. The summed E-state index contributed by atoms with van der Waals surface area (Å²) < 4.78 is 24.4. The minimum absolute atomic E-state index is 0. The number of pyridine rings is 1. The second-order valence-corrected chi connectivity index (χ2v) is 8.22. The molecule has 34 heavy (non-hydrogen) atoms. The van der Waals surface area contributed by atoms with Crippen LogP contribution in [0.1, 0.15) is 53.7 Å². The molecule has 1 aromatic carbocycles. The largest absolute Gasteiger partial charge is 0.497 e. The van der Waals surface area contributed by atoms with Crippen LogP contribution in [-0.4, -0.2) is 39.9 Å². The molecule has 4 rings (SSSR count). The molecule has 1 atom stereocenters. The highest BCUT2D eigenvalue weighted by Crippen LogP contribution is 2.28. The Balaban J connectivity index is 0.00000324. The third kappa shape index (κ3) is 6.66. The minimum atomic E-state index is -0.991. The maximum Gasteiger partial charge on any atom is 0.303 e. The number of halogens is 2. The fourth-order valence-corrected chi connectivity index (χ4v) is 4.08. The van der Waals surface area contributed by atoms with Gasteiger partial charge < -0.3 is 19.7 Å². The number of hydrogen-bond acceptors (Lipinski definition) is 7. The quantitative estimate of drug-likeness (QED) is 0.431. The number of benzene rings is 1. The number of carbonyl (C=O) groups is 1. The molecule has 0 fully saturated rings. The number of aryl methyl sites for hydroxylation is 3. The molecule has 0 saturated heterocycles. The van der Waals surface area contributed by atoms with Gasteiger partial charge in [-0.2, -0.15) is 4.98 Å². The van der Waals surface area contributed by atoms with Crippen LogP contribution in [-0.2, 0) is 30.5 Å². The second kappa shape index (κ2) is 11.8. The van der Waals surface area contributed by atoms with Crippen LogP contribution < -0.4 is 10.1 Å². The van der Waals surface area contributed by atoms with Crippen molar-refractivity contribution in [1.29, 1.82) is 0 Å². The molecular weight excluding hydrogens is 463 g/mol. The standard InChI is InChI=1S/C24H27FN4O4.ClH/c1-32-20-11-16(10-18(25)14-20)17(13-23(30)31)12-22-28-21(29-33-22)6-2-5-19-8-7-15-4-3-9-26-24(15)27-19;/h7-8,10-11,14,17H,2-6,9,12-13H2,1H3,(H,26,27)(H,30,31);1H.